The molecular weight excluding hydrogens is 340 g/mol. The van der Waals surface area contributed by atoms with Crippen molar-refractivity contribution in [2.45, 2.75) is 0 Å². The fraction of sp³-hybridized carbons (Fsp3) is 0.333. The van der Waals surface area contributed by atoms with Gasteiger partial charge in [0.25, 0.3) is 5.91 Å². The highest BCUT2D eigenvalue weighted by molar-refractivity contribution is 9.10. The summed E-state index contributed by atoms with van der Waals surface area (Å²) in [5.74, 6) is -4.44. The molecule has 1 N–H and O–H groups in total. The molecule has 110 valence electrons. The third-order valence-corrected chi connectivity index (χ3v) is 2.86. The van der Waals surface area contributed by atoms with E-state index in [2.05, 4.69) is 15.9 Å². The summed E-state index contributed by atoms with van der Waals surface area (Å²) in [6.45, 7) is -0.702. The average molecular weight is 352 g/mol. The van der Waals surface area contributed by atoms with Crippen molar-refractivity contribution in [3.63, 3.8) is 0 Å². The van der Waals surface area contributed by atoms with E-state index in [4.69, 9.17) is 9.84 Å². The molecule has 1 amide bonds. The molecule has 0 fully saturated rings. The predicted octanol–water partition coefficient (Wildman–Crippen LogP) is 1.90. The van der Waals surface area contributed by atoms with E-state index >= 15 is 0 Å². The van der Waals surface area contributed by atoms with Crippen LogP contribution in [0.15, 0.2) is 16.6 Å². The summed E-state index contributed by atoms with van der Waals surface area (Å²) in [7, 11) is 1.37. The summed E-state index contributed by atoms with van der Waals surface area (Å²) in [6, 6.07) is 1.87. The molecule has 1 aromatic carbocycles. The van der Waals surface area contributed by atoms with Crippen molar-refractivity contribution in [3.05, 3.63) is 33.8 Å². The quantitative estimate of drug-likeness (QED) is 0.849. The molecule has 0 spiro atoms. The number of aliphatic carboxylic acids is 1. The lowest BCUT2D eigenvalue weighted by Crippen LogP contribution is -2.38. The number of carboxylic acids is 1. The smallest absolute Gasteiger partial charge is 0.323 e. The summed E-state index contributed by atoms with van der Waals surface area (Å²) in [5, 5.41) is 8.73. The molecule has 0 aliphatic rings. The van der Waals surface area contributed by atoms with E-state index in [0.717, 1.165) is 17.0 Å². The molecular formula is C12H12BrF2NO4. The number of nitrogens with zero attached hydrogens (tertiary/aromatic N) is 1. The summed E-state index contributed by atoms with van der Waals surface area (Å²) < 4.78 is 32.3. The molecule has 0 aliphatic heterocycles. The van der Waals surface area contributed by atoms with Gasteiger partial charge < -0.3 is 14.7 Å². The molecule has 0 aromatic heterocycles. The molecule has 0 atom stereocenters. The van der Waals surface area contributed by atoms with Crippen LogP contribution in [-0.4, -0.2) is 48.7 Å². The maximum atomic E-state index is 13.7. The topological polar surface area (TPSA) is 66.8 Å². The summed E-state index contributed by atoms with van der Waals surface area (Å²) in [4.78, 5) is 23.6. The lowest BCUT2D eigenvalue weighted by Gasteiger charge is -2.20. The standard InChI is InChI=1S/C12H12BrF2NO4/c1-20-3-2-16(6-10(17)18)12(19)11-8(14)4-7(13)5-9(11)15/h4-5H,2-3,6H2,1H3,(H,17,18). The second-order valence-corrected chi connectivity index (χ2v) is 4.77. The molecule has 0 saturated heterocycles. The van der Waals surface area contributed by atoms with Gasteiger partial charge in [0.1, 0.15) is 23.7 Å². The highest BCUT2D eigenvalue weighted by atomic mass is 79.9. The summed E-state index contributed by atoms with van der Waals surface area (Å²) >= 11 is 2.90. The lowest BCUT2D eigenvalue weighted by atomic mass is 10.1. The Bertz CT molecular complexity index is 501. The minimum absolute atomic E-state index is 0.0544. The highest BCUT2D eigenvalue weighted by Gasteiger charge is 2.25. The molecule has 1 rings (SSSR count). The van der Waals surface area contributed by atoms with Crippen LogP contribution >= 0.6 is 15.9 Å². The number of benzene rings is 1. The van der Waals surface area contributed by atoms with Gasteiger partial charge in [0.2, 0.25) is 0 Å². The van der Waals surface area contributed by atoms with Crippen LogP contribution in [0.2, 0.25) is 0 Å². The van der Waals surface area contributed by atoms with Gasteiger partial charge in [-0.25, -0.2) is 8.78 Å². The van der Waals surface area contributed by atoms with Gasteiger partial charge >= 0.3 is 5.97 Å². The summed E-state index contributed by atoms with van der Waals surface area (Å²) in [5.41, 5.74) is -0.787. The van der Waals surface area contributed by atoms with Crippen LogP contribution in [0.25, 0.3) is 0 Å². The fourth-order valence-corrected chi connectivity index (χ4v) is 1.92. The number of rotatable bonds is 6. The summed E-state index contributed by atoms with van der Waals surface area (Å²) in [6.07, 6.45) is 0. The van der Waals surface area contributed by atoms with Crippen LogP contribution in [-0.2, 0) is 9.53 Å². The van der Waals surface area contributed by atoms with Crippen LogP contribution < -0.4 is 0 Å². The van der Waals surface area contributed by atoms with Crippen molar-refractivity contribution in [2.24, 2.45) is 0 Å². The first-order valence-electron chi connectivity index (χ1n) is 5.51. The van der Waals surface area contributed by atoms with Gasteiger partial charge in [-0.15, -0.1) is 0 Å². The number of carbonyl (C=O) groups is 2. The Morgan fingerprint density at radius 2 is 1.90 bits per heavy atom. The van der Waals surface area contributed by atoms with Crippen molar-refractivity contribution in [3.8, 4) is 0 Å². The van der Waals surface area contributed by atoms with E-state index in [0.29, 0.717) is 0 Å². The lowest BCUT2D eigenvalue weighted by molar-refractivity contribution is -0.137. The maximum absolute atomic E-state index is 13.7. The van der Waals surface area contributed by atoms with Gasteiger partial charge in [-0.2, -0.15) is 0 Å². The van der Waals surface area contributed by atoms with Gasteiger partial charge in [-0.1, -0.05) is 15.9 Å². The third-order valence-electron chi connectivity index (χ3n) is 2.40. The van der Waals surface area contributed by atoms with Crippen molar-refractivity contribution in [1.82, 2.24) is 4.90 Å². The van der Waals surface area contributed by atoms with Gasteiger partial charge in [0.05, 0.1) is 6.61 Å². The minimum atomic E-state index is -1.28. The Morgan fingerprint density at radius 3 is 2.35 bits per heavy atom. The molecule has 1 aromatic rings. The fourth-order valence-electron chi connectivity index (χ4n) is 1.52. The molecule has 0 radical (unpaired) electrons. The van der Waals surface area contributed by atoms with Gasteiger partial charge in [0.15, 0.2) is 0 Å². The maximum Gasteiger partial charge on any atom is 0.323 e. The zero-order valence-electron chi connectivity index (χ0n) is 10.5. The number of hydrogen-bond donors (Lipinski definition) is 1. The van der Waals surface area contributed by atoms with E-state index in [1.165, 1.54) is 7.11 Å². The first-order chi connectivity index (χ1) is 9.36. The Balaban J connectivity index is 3.08. The molecule has 20 heavy (non-hydrogen) atoms. The average Bonchev–Trinajstić information content (AvgIpc) is 2.32. The Kier molecular flexibility index (Phi) is 6.03. The normalized spacial score (nSPS) is 10.4. The number of amides is 1. The number of carboxylic acid groups (broad SMARTS) is 1. The van der Waals surface area contributed by atoms with E-state index in [1.807, 2.05) is 0 Å². The number of halogens is 3. The Hall–Kier alpha value is -1.54. The van der Waals surface area contributed by atoms with Gasteiger partial charge in [0, 0.05) is 18.1 Å². The predicted molar refractivity (Wildman–Crippen MR) is 69.5 cm³/mol. The second-order valence-electron chi connectivity index (χ2n) is 3.86. The van der Waals surface area contributed by atoms with Crippen molar-refractivity contribution >= 4 is 27.8 Å². The van der Waals surface area contributed by atoms with Crippen molar-refractivity contribution < 1.29 is 28.2 Å². The number of hydrogen-bond acceptors (Lipinski definition) is 3. The van der Waals surface area contributed by atoms with Crippen molar-refractivity contribution in [1.29, 1.82) is 0 Å². The molecule has 0 saturated carbocycles. The monoisotopic (exact) mass is 351 g/mol. The Morgan fingerprint density at radius 1 is 1.35 bits per heavy atom. The van der Waals surface area contributed by atoms with E-state index in [-0.39, 0.29) is 17.6 Å². The van der Waals surface area contributed by atoms with Gasteiger partial charge in [-0.3, -0.25) is 9.59 Å². The largest absolute Gasteiger partial charge is 0.480 e. The van der Waals surface area contributed by atoms with Crippen molar-refractivity contribution in [2.75, 3.05) is 26.8 Å². The number of ether oxygens (including phenoxy) is 1. The van der Waals surface area contributed by atoms with Crippen LogP contribution in [0.3, 0.4) is 0 Å². The first kappa shape index (κ1) is 16.5. The van der Waals surface area contributed by atoms with Crippen LogP contribution in [0.1, 0.15) is 10.4 Å². The zero-order valence-corrected chi connectivity index (χ0v) is 12.1. The van der Waals surface area contributed by atoms with Crippen LogP contribution in [0.4, 0.5) is 8.78 Å². The first-order valence-corrected chi connectivity index (χ1v) is 6.30. The zero-order chi connectivity index (χ0) is 15.3. The molecule has 8 heteroatoms. The van der Waals surface area contributed by atoms with E-state index in [9.17, 15) is 18.4 Å². The number of methoxy groups -OCH3 is 1. The highest BCUT2D eigenvalue weighted by Crippen LogP contribution is 2.20. The molecule has 5 nitrogen and oxygen atoms in total. The SMILES string of the molecule is COCCN(CC(=O)O)C(=O)c1c(F)cc(Br)cc1F. The molecule has 0 aliphatic carbocycles. The number of carbonyl (C=O) groups excluding carboxylic acids is 1. The van der Waals surface area contributed by atoms with Crippen LogP contribution in [0.5, 0.6) is 0 Å². The molecule has 0 heterocycles. The third kappa shape index (κ3) is 4.24. The minimum Gasteiger partial charge on any atom is -0.480 e. The second kappa shape index (κ2) is 7.30. The Labute approximate surface area is 122 Å². The van der Waals surface area contributed by atoms with Gasteiger partial charge in [-0.05, 0) is 12.1 Å². The molecule has 0 bridgehead atoms. The van der Waals surface area contributed by atoms with Crippen LogP contribution in [0, 0.1) is 11.6 Å². The molecule has 0 unspecified atom stereocenters. The van der Waals surface area contributed by atoms with E-state index < -0.39 is 35.6 Å². The van der Waals surface area contributed by atoms with E-state index in [1.54, 1.807) is 0 Å².